The molecule has 0 bridgehead atoms. The highest BCUT2D eigenvalue weighted by atomic mass is 35.5. The zero-order chi connectivity index (χ0) is 9.84. The van der Waals surface area contributed by atoms with Crippen LogP contribution in [0, 0.1) is 0 Å². The van der Waals surface area contributed by atoms with E-state index in [9.17, 15) is 4.39 Å². The van der Waals surface area contributed by atoms with Crippen molar-refractivity contribution in [3.8, 4) is 5.75 Å². The van der Waals surface area contributed by atoms with Gasteiger partial charge in [0.1, 0.15) is 5.75 Å². The van der Waals surface area contributed by atoms with Gasteiger partial charge in [-0.15, -0.1) is 0 Å². The third-order valence-electron chi connectivity index (χ3n) is 1.50. The molecule has 1 nitrogen and oxygen atoms in total. The first-order chi connectivity index (χ1) is 6.09. The molecule has 0 spiro atoms. The van der Waals surface area contributed by atoms with Gasteiger partial charge in [0, 0.05) is 5.56 Å². The molecule has 0 heterocycles. The lowest BCUT2D eigenvalue weighted by molar-refractivity contribution is 0.242. The molecule has 1 rings (SSSR count). The van der Waals surface area contributed by atoms with Crippen molar-refractivity contribution in [3.05, 3.63) is 29.8 Å². The van der Waals surface area contributed by atoms with Gasteiger partial charge in [-0.3, -0.25) is 0 Å². The molecular weight excluding hydrogens is 191 g/mol. The average Bonchev–Trinajstić information content (AvgIpc) is 2.04. The van der Waals surface area contributed by atoms with Gasteiger partial charge in [-0.1, -0.05) is 23.7 Å². The van der Waals surface area contributed by atoms with Crippen LogP contribution in [-0.2, 0) is 0 Å². The van der Waals surface area contributed by atoms with Gasteiger partial charge < -0.3 is 4.74 Å². The summed E-state index contributed by atoms with van der Waals surface area (Å²) in [5.74, 6) is 0.732. The Morgan fingerprint density at radius 3 is 2.15 bits per heavy atom. The number of rotatable bonds is 3. The minimum atomic E-state index is -1.44. The van der Waals surface area contributed by atoms with Gasteiger partial charge in [-0.05, 0) is 26.0 Å². The molecule has 0 aliphatic heterocycles. The van der Waals surface area contributed by atoms with Gasteiger partial charge in [0.05, 0.1) is 6.10 Å². The Bertz CT molecular complexity index is 256. The largest absolute Gasteiger partial charge is 0.491 e. The van der Waals surface area contributed by atoms with Gasteiger partial charge in [-0.25, -0.2) is 4.39 Å². The van der Waals surface area contributed by atoms with Crippen LogP contribution in [0.3, 0.4) is 0 Å². The molecule has 3 heteroatoms. The van der Waals surface area contributed by atoms with Crippen molar-refractivity contribution >= 4 is 11.6 Å². The maximum absolute atomic E-state index is 12.6. The fourth-order valence-corrected chi connectivity index (χ4v) is 1.11. The van der Waals surface area contributed by atoms with Gasteiger partial charge in [0.15, 0.2) is 5.63 Å². The summed E-state index contributed by atoms with van der Waals surface area (Å²) in [6.45, 7) is 3.88. The third kappa shape index (κ3) is 3.23. The fraction of sp³-hybridized carbons (Fsp3) is 0.400. The van der Waals surface area contributed by atoms with Crippen molar-refractivity contribution < 1.29 is 9.13 Å². The number of hydrogen-bond acceptors (Lipinski definition) is 1. The molecule has 0 radical (unpaired) electrons. The number of ether oxygens (including phenoxy) is 1. The zero-order valence-corrected chi connectivity index (χ0v) is 8.38. The summed E-state index contributed by atoms with van der Waals surface area (Å²) in [4.78, 5) is 0. The summed E-state index contributed by atoms with van der Waals surface area (Å²) < 4.78 is 17.9. The molecule has 0 fully saturated rings. The van der Waals surface area contributed by atoms with Crippen LogP contribution in [0.2, 0.25) is 0 Å². The Balaban J connectivity index is 2.70. The number of benzene rings is 1. The van der Waals surface area contributed by atoms with Crippen LogP contribution >= 0.6 is 11.6 Å². The highest BCUT2D eigenvalue weighted by Crippen LogP contribution is 2.23. The smallest absolute Gasteiger partial charge is 0.198 e. The monoisotopic (exact) mass is 202 g/mol. The lowest BCUT2D eigenvalue weighted by Crippen LogP contribution is -2.05. The summed E-state index contributed by atoms with van der Waals surface area (Å²) >= 11 is 5.25. The van der Waals surface area contributed by atoms with E-state index in [4.69, 9.17) is 16.3 Å². The van der Waals surface area contributed by atoms with Crippen LogP contribution in [0.4, 0.5) is 4.39 Å². The maximum atomic E-state index is 12.6. The van der Waals surface area contributed by atoms with E-state index in [-0.39, 0.29) is 6.10 Å². The molecule has 1 atom stereocenters. The second-order valence-electron chi connectivity index (χ2n) is 3.04. The van der Waals surface area contributed by atoms with Crippen LogP contribution in [0.5, 0.6) is 5.75 Å². The number of hydrogen-bond donors (Lipinski definition) is 0. The van der Waals surface area contributed by atoms with E-state index in [1.54, 1.807) is 24.3 Å². The molecule has 0 aliphatic rings. The fourth-order valence-electron chi connectivity index (χ4n) is 0.964. The SMILES string of the molecule is CC(C)Oc1ccc(C(F)Cl)cc1. The Labute approximate surface area is 82.5 Å². The summed E-state index contributed by atoms with van der Waals surface area (Å²) in [6, 6.07) is 6.67. The first-order valence-corrected chi connectivity index (χ1v) is 4.58. The molecule has 13 heavy (non-hydrogen) atoms. The summed E-state index contributed by atoms with van der Waals surface area (Å²) in [7, 11) is 0. The molecule has 0 saturated carbocycles. The van der Waals surface area contributed by atoms with Crippen LogP contribution in [0.1, 0.15) is 25.0 Å². The second-order valence-corrected chi connectivity index (χ2v) is 3.42. The quantitative estimate of drug-likeness (QED) is 0.680. The first-order valence-electron chi connectivity index (χ1n) is 4.14. The summed E-state index contributed by atoms with van der Waals surface area (Å²) in [5, 5.41) is 0. The van der Waals surface area contributed by atoms with E-state index in [1.807, 2.05) is 13.8 Å². The van der Waals surface area contributed by atoms with Gasteiger partial charge in [0.25, 0.3) is 0 Å². The van der Waals surface area contributed by atoms with Crippen molar-refractivity contribution in [2.24, 2.45) is 0 Å². The molecule has 1 aromatic rings. The van der Waals surface area contributed by atoms with Crippen LogP contribution in [-0.4, -0.2) is 6.10 Å². The highest BCUT2D eigenvalue weighted by molar-refractivity contribution is 6.19. The van der Waals surface area contributed by atoms with Crippen molar-refractivity contribution in [1.82, 2.24) is 0 Å². The van der Waals surface area contributed by atoms with Crippen LogP contribution in [0.15, 0.2) is 24.3 Å². The zero-order valence-electron chi connectivity index (χ0n) is 7.63. The van der Waals surface area contributed by atoms with E-state index in [2.05, 4.69) is 0 Å². The topological polar surface area (TPSA) is 9.23 Å². The van der Waals surface area contributed by atoms with Crippen molar-refractivity contribution in [2.45, 2.75) is 25.6 Å². The van der Waals surface area contributed by atoms with Crippen LogP contribution in [0.25, 0.3) is 0 Å². The second kappa shape index (κ2) is 4.47. The van der Waals surface area contributed by atoms with Gasteiger partial charge >= 0.3 is 0 Å². The van der Waals surface area contributed by atoms with Gasteiger partial charge in [0.2, 0.25) is 0 Å². The maximum Gasteiger partial charge on any atom is 0.198 e. The predicted molar refractivity (Wildman–Crippen MR) is 51.9 cm³/mol. The first kappa shape index (κ1) is 10.3. The molecule has 0 aromatic heterocycles. The Morgan fingerprint density at radius 1 is 1.23 bits per heavy atom. The lowest BCUT2D eigenvalue weighted by atomic mass is 10.2. The number of halogens is 2. The molecule has 0 N–H and O–H groups in total. The molecule has 0 saturated heterocycles. The van der Waals surface area contributed by atoms with Crippen molar-refractivity contribution in [3.63, 3.8) is 0 Å². The number of alkyl halides is 2. The minimum Gasteiger partial charge on any atom is -0.491 e. The molecular formula is C10H12ClFO. The van der Waals surface area contributed by atoms with E-state index in [0.29, 0.717) is 5.56 Å². The van der Waals surface area contributed by atoms with Crippen LogP contribution < -0.4 is 4.74 Å². The van der Waals surface area contributed by atoms with Crippen molar-refractivity contribution in [2.75, 3.05) is 0 Å². The predicted octanol–water partition coefficient (Wildman–Crippen LogP) is 3.68. The van der Waals surface area contributed by atoms with Gasteiger partial charge in [-0.2, -0.15) is 0 Å². The third-order valence-corrected chi connectivity index (χ3v) is 1.76. The average molecular weight is 203 g/mol. The summed E-state index contributed by atoms with van der Waals surface area (Å²) in [5.41, 5.74) is -0.981. The van der Waals surface area contributed by atoms with E-state index < -0.39 is 5.63 Å². The van der Waals surface area contributed by atoms with E-state index >= 15 is 0 Å². The molecule has 0 amide bonds. The van der Waals surface area contributed by atoms with E-state index in [1.165, 1.54) is 0 Å². The normalized spacial score (nSPS) is 13.0. The minimum absolute atomic E-state index is 0.128. The van der Waals surface area contributed by atoms with E-state index in [0.717, 1.165) is 5.75 Å². The molecule has 1 aromatic carbocycles. The summed E-state index contributed by atoms with van der Waals surface area (Å²) in [6.07, 6.45) is 0.128. The standard InChI is InChI=1S/C10H12ClFO/c1-7(2)13-9-5-3-8(4-6-9)10(11)12/h3-7,10H,1-2H3. The highest BCUT2D eigenvalue weighted by Gasteiger charge is 2.04. The Morgan fingerprint density at radius 2 is 1.77 bits per heavy atom. The molecule has 0 aliphatic carbocycles. The molecule has 72 valence electrons. The molecule has 1 unspecified atom stereocenters. The van der Waals surface area contributed by atoms with Crippen molar-refractivity contribution in [1.29, 1.82) is 0 Å². The Kier molecular flexibility index (Phi) is 3.55. The Hall–Kier alpha value is -0.760. The lowest BCUT2D eigenvalue weighted by Gasteiger charge is -2.09.